The molecule has 13 nitrogen and oxygen atoms in total. The Hall–Kier alpha value is -5.57. The zero-order valence-corrected chi connectivity index (χ0v) is 30.1. The van der Waals surface area contributed by atoms with E-state index < -0.39 is 16.0 Å². The highest BCUT2D eigenvalue weighted by Crippen LogP contribution is 2.34. The highest BCUT2D eigenvalue weighted by Gasteiger charge is 2.20. The summed E-state index contributed by atoms with van der Waals surface area (Å²) in [6.45, 7) is 4.12. The number of carbonyl (C=O) groups excluding carboxylic acids is 1. The topological polar surface area (TPSA) is 185 Å². The Morgan fingerprint density at radius 1 is 0.923 bits per heavy atom. The third kappa shape index (κ3) is 9.81. The second-order valence-electron chi connectivity index (χ2n) is 12.4. The first-order valence-corrected chi connectivity index (χ1v) is 18.2. The Morgan fingerprint density at radius 3 is 2.23 bits per heavy atom. The highest BCUT2D eigenvalue weighted by atomic mass is 32.2. The fourth-order valence-electron chi connectivity index (χ4n) is 5.74. The number of methoxy groups -OCH3 is 2. The molecule has 2 aromatic carbocycles. The quantitative estimate of drug-likeness (QED) is 0.158. The predicted molar refractivity (Wildman–Crippen MR) is 200 cm³/mol. The number of hydrogen-bond donors (Lipinski definition) is 3. The van der Waals surface area contributed by atoms with Crippen LogP contribution in [0.3, 0.4) is 0 Å². The maximum atomic E-state index is 13.7. The van der Waals surface area contributed by atoms with Crippen molar-refractivity contribution in [2.45, 2.75) is 26.3 Å². The molecule has 0 radical (unpaired) electrons. The third-order valence-electron chi connectivity index (χ3n) is 8.43. The summed E-state index contributed by atoms with van der Waals surface area (Å²) < 4.78 is 44.2. The number of amides is 1. The monoisotopic (exact) mass is 727 g/mol. The van der Waals surface area contributed by atoms with Crippen molar-refractivity contribution in [3.63, 3.8) is 0 Å². The normalized spacial score (nSPS) is 13.1. The molecule has 14 heteroatoms. The van der Waals surface area contributed by atoms with Gasteiger partial charge in [0.05, 0.1) is 38.1 Å². The molecule has 1 fully saturated rings. The van der Waals surface area contributed by atoms with Crippen LogP contribution in [0.4, 0.5) is 11.5 Å². The summed E-state index contributed by atoms with van der Waals surface area (Å²) in [4.78, 5) is 36.2. The number of ether oxygens (including phenoxy) is 3. The number of nitrogens with one attached hydrogen (secondary N) is 1. The van der Waals surface area contributed by atoms with Gasteiger partial charge in [-0.3, -0.25) is 19.1 Å². The fourth-order valence-corrected chi connectivity index (χ4v) is 5.74. The van der Waals surface area contributed by atoms with Crippen LogP contribution in [0, 0.1) is 12.8 Å². The van der Waals surface area contributed by atoms with Crippen molar-refractivity contribution in [2.75, 3.05) is 44.7 Å². The Labute approximate surface area is 302 Å². The standard InChI is InChI=1S/C37H37N5O5.CH4O3S/c1-23-4-6-25(7-5-23)30-21-42(20-24-12-14-47-15-13-24)22-31(35(30)43)37(44)41-28-9-10-32(39-19-28)29-16-27(18-40-36(29)38)26-8-11-33(45-2)34(17-26)46-3;1-5(2,3)4/h4-11,16-19,21-22,24H,12-15,20H2,1-3H3,(H2,38,40)(H,41,44);1H3,(H,2,3,4). The molecule has 52 heavy (non-hydrogen) atoms. The molecule has 1 aliphatic rings. The summed E-state index contributed by atoms with van der Waals surface area (Å²) in [7, 11) is -0.493. The predicted octanol–water partition coefficient (Wildman–Crippen LogP) is 5.73. The van der Waals surface area contributed by atoms with Gasteiger partial charge in [-0.1, -0.05) is 35.9 Å². The van der Waals surface area contributed by atoms with Gasteiger partial charge < -0.3 is 29.8 Å². The summed E-state index contributed by atoms with van der Waals surface area (Å²) in [6.07, 6.45) is 9.32. The Balaban J connectivity index is 0.000000979. The van der Waals surface area contributed by atoms with Gasteiger partial charge in [0.2, 0.25) is 5.43 Å². The second kappa shape index (κ2) is 16.6. The molecule has 0 atom stereocenters. The summed E-state index contributed by atoms with van der Waals surface area (Å²) >= 11 is 0. The average molecular weight is 728 g/mol. The minimum Gasteiger partial charge on any atom is -0.493 e. The van der Waals surface area contributed by atoms with E-state index in [1.165, 1.54) is 0 Å². The number of aryl methyl sites for hydroxylation is 1. The first-order chi connectivity index (χ1) is 24.8. The van der Waals surface area contributed by atoms with Crippen LogP contribution in [0.15, 0.2) is 90.2 Å². The van der Waals surface area contributed by atoms with Crippen molar-refractivity contribution >= 4 is 27.5 Å². The number of carbonyl (C=O) groups is 1. The molecule has 3 aromatic heterocycles. The Morgan fingerprint density at radius 2 is 1.60 bits per heavy atom. The molecule has 1 amide bonds. The SMILES string of the molecule is COc1ccc(-c2cnc(N)c(-c3ccc(NC(=O)c4cn(CC5CCOCC5)cc(-c5ccc(C)cc5)c4=O)cn3)c2)cc1OC.CS(=O)(=O)O. The number of benzene rings is 2. The molecule has 0 bridgehead atoms. The summed E-state index contributed by atoms with van der Waals surface area (Å²) in [5.41, 5.74) is 11.7. The van der Waals surface area contributed by atoms with Crippen molar-refractivity contribution in [1.29, 1.82) is 0 Å². The van der Waals surface area contributed by atoms with Crippen molar-refractivity contribution in [2.24, 2.45) is 5.92 Å². The second-order valence-corrected chi connectivity index (χ2v) is 13.8. The zero-order chi connectivity index (χ0) is 37.4. The molecular weight excluding hydrogens is 687 g/mol. The lowest BCUT2D eigenvalue weighted by Gasteiger charge is -2.23. The van der Waals surface area contributed by atoms with Crippen LogP contribution >= 0.6 is 0 Å². The summed E-state index contributed by atoms with van der Waals surface area (Å²) in [6, 6.07) is 18.7. The molecule has 272 valence electrons. The van der Waals surface area contributed by atoms with Crippen LogP contribution in [0.1, 0.15) is 28.8 Å². The lowest BCUT2D eigenvalue weighted by molar-refractivity contribution is 0.0612. The molecular formula is C38H41N5O8S. The number of rotatable bonds is 9. The van der Waals surface area contributed by atoms with E-state index in [-0.39, 0.29) is 11.0 Å². The van der Waals surface area contributed by atoms with Gasteiger partial charge in [0.1, 0.15) is 11.4 Å². The maximum Gasteiger partial charge on any atom is 0.261 e. The number of pyridine rings is 3. The van der Waals surface area contributed by atoms with E-state index in [4.69, 9.17) is 24.5 Å². The van der Waals surface area contributed by atoms with E-state index in [1.807, 2.05) is 66.2 Å². The van der Waals surface area contributed by atoms with Crippen LogP contribution in [0.5, 0.6) is 11.5 Å². The molecule has 0 unspecified atom stereocenters. The average Bonchev–Trinajstić information content (AvgIpc) is 3.12. The third-order valence-corrected chi connectivity index (χ3v) is 8.43. The van der Waals surface area contributed by atoms with Gasteiger partial charge in [0.15, 0.2) is 11.5 Å². The van der Waals surface area contributed by atoms with Gasteiger partial charge in [0.25, 0.3) is 16.0 Å². The number of nitrogens with two attached hydrogens (primary N) is 1. The Bertz CT molecular complexity index is 2190. The molecule has 4 heterocycles. The summed E-state index contributed by atoms with van der Waals surface area (Å²) in [5, 5.41) is 2.86. The van der Waals surface area contributed by atoms with Gasteiger partial charge in [-0.15, -0.1) is 0 Å². The fraction of sp³-hybridized carbons (Fsp3) is 0.263. The highest BCUT2D eigenvalue weighted by molar-refractivity contribution is 7.85. The molecule has 1 saturated heterocycles. The van der Waals surface area contributed by atoms with E-state index in [1.54, 1.807) is 44.9 Å². The van der Waals surface area contributed by atoms with Crippen molar-refractivity contribution < 1.29 is 32.0 Å². The van der Waals surface area contributed by atoms with E-state index in [9.17, 15) is 18.0 Å². The number of anilines is 2. The van der Waals surface area contributed by atoms with Crippen LogP contribution in [-0.4, -0.2) is 67.1 Å². The van der Waals surface area contributed by atoms with Gasteiger partial charge in [-0.25, -0.2) is 4.98 Å². The first kappa shape index (κ1) is 37.7. The largest absolute Gasteiger partial charge is 0.493 e. The number of aromatic nitrogens is 3. The van der Waals surface area contributed by atoms with Crippen molar-refractivity contribution in [3.05, 3.63) is 107 Å². The summed E-state index contributed by atoms with van der Waals surface area (Å²) in [5.74, 6) is 1.44. The van der Waals surface area contributed by atoms with Crippen LogP contribution in [0.2, 0.25) is 0 Å². The molecule has 0 saturated carbocycles. The molecule has 4 N–H and O–H groups in total. The molecule has 0 aliphatic carbocycles. The zero-order valence-electron chi connectivity index (χ0n) is 29.3. The minimum absolute atomic E-state index is 0.0651. The maximum absolute atomic E-state index is 13.7. The van der Waals surface area contributed by atoms with Crippen LogP contribution in [-0.2, 0) is 21.4 Å². The minimum atomic E-state index is -3.67. The lowest BCUT2D eigenvalue weighted by atomic mass is 9.99. The van der Waals surface area contributed by atoms with E-state index in [0.29, 0.717) is 71.8 Å². The van der Waals surface area contributed by atoms with Crippen molar-refractivity contribution in [3.8, 4) is 45.0 Å². The number of nitrogen functional groups attached to an aromatic ring is 1. The van der Waals surface area contributed by atoms with E-state index in [2.05, 4.69) is 15.3 Å². The molecule has 5 aromatic rings. The number of hydrogen-bond acceptors (Lipinski definition) is 10. The van der Waals surface area contributed by atoms with Gasteiger partial charge in [-0.05, 0) is 67.1 Å². The van der Waals surface area contributed by atoms with Gasteiger partial charge in [0, 0.05) is 55.0 Å². The first-order valence-electron chi connectivity index (χ1n) is 16.4. The van der Waals surface area contributed by atoms with Crippen LogP contribution < -0.4 is 26.0 Å². The van der Waals surface area contributed by atoms with Gasteiger partial charge in [-0.2, -0.15) is 8.42 Å². The molecule has 0 spiro atoms. The van der Waals surface area contributed by atoms with Crippen LogP contribution in [0.25, 0.3) is 33.5 Å². The van der Waals surface area contributed by atoms with E-state index in [0.717, 1.165) is 35.1 Å². The molecule has 6 rings (SSSR count). The van der Waals surface area contributed by atoms with Gasteiger partial charge >= 0.3 is 0 Å². The molecule has 1 aliphatic heterocycles. The Kier molecular flexibility index (Phi) is 12.1. The lowest BCUT2D eigenvalue weighted by Crippen LogP contribution is -2.26. The number of nitrogens with zero attached hydrogens (tertiary/aromatic N) is 3. The smallest absolute Gasteiger partial charge is 0.261 e. The van der Waals surface area contributed by atoms with E-state index >= 15 is 0 Å². The van der Waals surface area contributed by atoms with Crippen molar-refractivity contribution in [1.82, 2.24) is 14.5 Å².